The van der Waals surface area contributed by atoms with Gasteiger partial charge >= 0.3 is 0 Å². The molecule has 4 nitrogen and oxygen atoms in total. The topological polar surface area (TPSA) is 54.5 Å². The minimum Gasteiger partial charge on any atom is -0.278 e. The van der Waals surface area contributed by atoms with Crippen LogP contribution in [0.1, 0.15) is 11.4 Å². The van der Waals surface area contributed by atoms with Crippen LogP contribution in [0.15, 0.2) is 30.5 Å². The number of alkyl halides is 1. The first-order chi connectivity index (χ1) is 10.1. The summed E-state index contributed by atoms with van der Waals surface area (Å²) in [5.74, 6) is 0.803. The first kappa shape index (κ1) is 14.2. The fourth-order valence-corrected chi connectivity index (χ4v) is 2.68. The van der Waals surface area contributed by atoms with Crippen molar-refractivity contribution in [2.45, 2.75) is 5.88 Å². The normalized spacial score (nSPS) is 10.8. The third kappa shape index (κ3) is 2.44. The van der Waals surface area contributed by atoms with Crippen LogP contribution in [-0.4, -0.2) is 14.5 Å². The van der Waals surface area contributed by atoms with Gasteiger partial charge in [0.25, 0.3) is 0 Å². The van der Waals surface area contributed by atoms with E-state index in [1.54, 1.807) is 28.8 Å². The van der Waals surface area contributed by atoms with Crippen LogP contribution in [0.4, 0.5) is 0 Å². The van der Waals surface area contributed by atoms with Crippen molar-refractivity contribution in [3.8, 4) is 11.8 Å². The molecule has 3 aromatic rings. The standard InChI is InChI=1S/C14H7Cl3N4/c15-5-13-20-11-4-9(16)7-19-14(11)21(13)12-2-1-8(6-18)3-10(12)17/h1-4,7H,5H2. The van der Waals surface area contributed by atoms with E-state index in [1.807, 2.05) is 6.07 Å². The van der Waals surface area contributed by atoms with E-state index < -0.39 is 0 Å². The highest BCUT2D eigenvalue weighted by molar-refractivity contribution is 6.32. The van der Waals surface area contributed by atoms with Gasteiger partial charge in [0, 0.05) is 6.20 Å². The molecular formula is C14H7Cl3N4. The Hall–Kier alpha value is -1.80. The maximum Gasteiger partial charge on any atom is 0.164 e. The molecule has 104 valence electrons. The summed E-state index contributed by atoms with van der Waals surface area (Å²) in [5, 5.41) is 9.84. The van der Waals surface area contributed by atoms with Crippen molar-refractivity contribution in [1.82, 2.24) is 14.5 Å². The first-order valence-corrected chi connectivity index (χ1v) is 7.22. The second kappa shape index (κ2) is 5.53. The van der Waals surface area contributed by atoms with Crippen molar-refractivity contribution in [2.24, 2.45) is 0 Å². The van der Waals surface area contributed by atoms with Crippen LogP contribution < -0.4 is 0 Å². The Morgan fingerprint density at radius 1 is 1.24 bits per heavy atom. The molecule has 0 aliphatic rings. The Bertz CT molecular complexity index is 880. The summed E-state index contributed by atoms with van der Waals surface area (Å²) in [6, 6.07) is 8.78. The van der Waals surface area contributed by atoms with E-state index in [2.05, 4.69) is 9.97 Å². The monoisotopic (exact) mass is 336 g/mol. The molecule has 0 saturated carbocycles. The number of hydrogen-bond donors (Lipinski definition) is 0. The Morgan fingerprint density at radius 2 is 2.05 bits per heavy atom. The van der Waals surface area contributed by atoms with Crippen molar-refractivity contribution in [3.63, 3.8) is 0 Å². The zero-order valence-corrected chi connectivity index (χ0v) is 12.8. The molecule has 0 amide bonds. The molecule has 2 aromatic heterocycles. The molecule has 0 saturated heterocycles. The lowest BCUT2D eigenvalue weighted by Gasteiger charge is -2.09. The second-order valence-electron chi connectivity index (χ2n) is 4.27. The van der Waals surface area contributed by atoms with Gasteiger partial charge in [-0.05, 0) is 24.3 Å². The Morgan fingerprint density at radius 3 is 2.71 bits per heavy atom. The summed E-state index contributed by atoms with van der Waals surface area (Å²) >= 11 is 18.2. The van der Waals surface area contributed by atoms with Crippen LogP contribution >= 0.6 is 34.8 Å². The van der Waals surface area contributed by atoms with Crippen molar-refractivity contribution < 1.29 is 0 Å². The number of fused-ring (bicyclic) bond motifs is 1. The minimum absolute atomic E-state index is 0.199. The van der Waals surface area contributed by atoms with Crippen molar-refractivity contribution in [3.05, 3.63) is 51.9 Å². The number of nitriles is 1. The van der Waals surface area contributed by atoms with E-state index in [-0.39, 0.29) is 5.88 Å². The van der Waals surface area contributed by atoms with Crippen LogP contribution in [0.3, 0.4) is 0 Å². The van der Waals surface area contributed by atoms with Crippen molar-refractivity contribution >= 4 is 46.0 Å². The number of pyridine rings is 1. The fraction of sp³-hybridized carbons (Fsp3) is 0.0714. The zero-order chi connectivity index (χ0) is 15.0. The number of hydrogen-bond acceptors (Lipinski definition) is 3. The number of imidazole rings is 1. The Balaban J connectivity index is 2.31. The molecule has 0 aliphatic heterocycles. The summed E-state index contributed by atoms with van der Waals surface area (Å²) in [4.78, 5) is 8.71. The van der Waals surface area contributed by atoms with E-state index in [0.717, 1.165) is 0 Å². The summed E-state index contributed by atoms with van der Waals surface area (Å²) in [6.07, 6.45) is 1.54. The van der Waals surface area contributed by atoms with Crippen LogP contribution in [0.25, 0.3) is 16.9 Å². The number of halogens is 3. The van der Waals surface area contributed by atoms with Gasteiger partial charge in [-0.15, -0.1) is 11.6 Å². The van der Waals surface area contributed by atoms with Crippen molar-refractivity contribution in [1.29, 1.82) is 5.26 Å². The van der Waals surface area contributed by atoms with Gasteiger partial charge in [0.15, 0.2) is 5.65 Å². The fourth-order valence-electron chi connectivity index (χ4n) is 2.09. The minimum atomic E-state index is 0.199. The molecule has 0 fully saturated rings. The van der Waals surface area contributed by atoms with Crippen molar-refractivity contribution in [2.75, 3.05) is 0 Å². The van der Waals surface area contributed by atoms with E-state index >= 15 is 0 Å². The highest BCUT2D eigenvalue weighted by Crippen LogP contribution is 2.28. The lowest BCUT2D eigenvalue weighted by atomic mass is 10.2. The highest BCUT2D eigenvalue weighted by Gasteiger charge is 2.15. The Labute approximate surface area is 135 Å². The van der Waals surface area contributed by atoms with Crippen LogP contribution in [-0.2, 0) is 5.88 Å². The van der Waals surface area contributed by atoms with Gasteiger partial charge in [0.1, 0.15) is 11.3 Å². The van der Waals surface area contributed by atoms with Gasteiger partial charge in [-0.25, -0.2) is 9.97 Å². The molecule has 0 unspecified atom stereocenters. The maximum atomic E-state index is 8.91. The van der Waals surface area contributed by atoms with Crippen LogP contribution in [0, 0.1) is 11.3 Å². The second-order valence-corrected chi connectivity index (χ2v) is 5.38. The van der Waals surface area contributed by atoms with Crippen LogP contribution in [0.2, 0.25) is 10.0 Å². The number of benzene rings is 1. The lowest BCUT2D eigenvalue weighted by molar-refractivity contribution is 0.969. The quantitative estimate of drug-likeness (QED) is 0.654. The smallest absolute Gasteiger partial charge is 0.164 e. The maximum absolute atomic E-state index is 8.91. The van der Waals surface area contributed by atoms with Gasteiger partial charge in [0.05, 0.1) is 33.2 Å². The number of rotatable bonds is 2. The van der Waals surface area contributed by atoms with E-state index in [4.69, 9.17) is 40.1 Å². The lowest BCUT2D eigenvalue weighted by Crippen LogP contribution is -2.01. The highest BCUT2D eigenvalue weighted by atomic mass is 35.5. The molecule has 0 spiro atoms. The third-order valence-corrected chi connectivity index (χ3v) is 3.72. The molecule has 0 bridgehead atoms. The molecular weight excluding hydrogens is 331 g/mol. The largest absolute Gasteiger partial charge is 0.278 e. The molecule has 0 atom stereocenters. The summed E-state index contributed by atoms with van der Waals surface area (Å²) < 4.78 is 1.77. The predicted octanol–water partition coefficient (Wildman–Crippen LogP) is 4.34. The van der Waals surface area contributed by atoms with Gasteiger partial charge in [0.2, 0.25) is 0 Å². The van der Waals surface area contributed by atoms with E-state index in [0.29, 0.717) is 38.3 Å². The molecule has 2 heterocycles. The molecule has 1 aromatic carbocycles. The molecule has 3 rings (SSSR count). The van der Waals surface area contributed by atoms with Gasteiger partial charge in [-0.1, -0.05) is 23.2 Å². The third-order valence-electron chi connectivity index (χ3n) is 2.97. The van der Waals surface area contributed by atoms with E-state index in [1.165, 1.54) is 6.20 Å². The SMILES string of the molecule is N#Cc1ccc(-n2c(CCl)nc3cc(Cl)cnc32)c(Cl)c1. The predicted molar refractivity (Wildman–Crippen MR) is 83.2 cm³/mol. The van der Waals surface area contributed by atoms with Gasteiger partial charge in [-0.2, -0.15) is 5.26 Å². The summed E-state index contributed by atoms with van der Waals surface area (Å²) in [5.41, 5.74) is 2.40. The molecule has 0 aliphatic carbocycles. The zero-order valence-electron chi connectivity index (χ0n) is 10.5. The first-order valence-electron chi connectivity index (χ1n) is 5.93. The molecule has 0 radical (unpaired) electrons. The van der Waals surface area contributed by atoms with E-state index in [9.17, 15) is 0 Å². The molecule has 21 heavy (non-hydrogen) atoms. The molecule has 0 N–H and O–H groups in total. The average Bonchev–Trinajstić information content (AvgIpc) is 2.84. The van der Waals surface area contributed by atoms with Gasteiger partial charge in [-0.3, -0.25) is 4.57 Å². The Kier molecular flexibility index (Phi) is 3.73. The molecule has 7 heteroatoms. The summed E-state index contributed by atoms with van der Waals surface area (Å²) in [6.45, 7) is 0. The summed E-state index contributed by atoms with van der Waals surface area (Å²) in [7, 11) is 0. The van der Waals surface area contributed by atoms with Crippen LogP contribution in [0.5, 0.6) is 0 Å². The number of nitrogens with zero attached hydrogens (tertiary/aromatic N) is 4. The average molecular weight is 338 g/mol. The van der Waals surface area contributed by atoms with Gasteiger partial charge < -0.3 is 0 Å². The number of aromatic nitrogens is 3.